The number of halogens is 3. The van der Waals surface area contributed by atoms with Crippen molar-refractivity contribution >= 4 is 35.0 Å². The quantitative estimate of drug-likeness (QED) is 0.791. The number of carbonyl (C=O) groups is 1. The normalized spacial score (nSPS) is 12.4. The summed E-state index contributed by atoms with van der Waals surface area (Å²) in [4.78, 5) is 17.6. The summed E-state index contributed by atoms with van der Waals surface area (Å²) < 4.78 is 26.0. The van der Waals surface area contributed by atoms with Crippen LogP contribution in [0.2, 0.25) is 5.15 Å². The third-order valence-corrected chi connectivity index (χ3v) is 4.36. The van der Waals surface area contributed by atoms with Crippen LogP contribution in [0.3, 0.4) is 0 Å². The zero-order valence-electron chi connectivity index (χ0n) is 12.5. The van der Waals surface area contributed by atoms with Crippen LogP contribution in [0.5, 0.6) is 0 Å². The Bertz CT molecular complexity index is 668. The highest BCUT2D eigenvalue weighted by Gasteiger charge is 2.23. The number of carbonyl (C=O) groups excluding carboxylic acids is 1. The van der Waals surface area contributed by atoms with E-state index in [2.05, 4.69) is 10.1 Å². The van der Waals surface area contributed by atoms with Gasteiger partial charge in [-0.1, -0.05) is 30.3 Å². The Labute approximate surface area is 141 Å². The van der Waals surface area contributed by atoms with Crippen molar-refractivity contribution in [2.75, 3.05) is 17.7 Å². The molecule has 0 bridgehead atoms. The molecule has 0 saturated carbocycles. The molecule has 5 nitrogen and oxygen atoms in total. The van der Waals surface area contributed by atoms with Gasteiger partial charge in [-0.15, -0.1) is 0 Å². The Balaban J connectivity index is 2.15. The van der Waals surface area contributed by atoms with Gasteiger partial charge in [-0.25, -0.2) is 4.68 Å². The maximum absolute atomic E-state index is 12.3. The van der Waals surface area contributed by atoms with Crippen LogP contribution in [-0.4, -0.2) is 39.2 Å². The molecule has 0 spiro atoms. The lowest BCUT2D eigenvalue weighted by Gasteiger charge is -2.20. The van der Waals surface area contributed by atoms with Crippen LogP contribution < -0.4 is 4.90 Å². The lowest BCUT2D eigenvalue weighted by Crippen LogP contribution is -2.32. The number of nitrogens with zero attached hydrogens (tertiary/aromatic N) is 4. The molecular formula is C14H15ClF2N4OS. The highest BCUT2D eigenvalue weighted by atomic mass is 35.5. The number of alkyl halides is 2. The molecule has 2 heterocycles. The summed E-state index contributed by atoms with van der Waals surface area (Å²) in [7, 11) is 1.54. The lowest BCUT2D eigenvalue weighted by atomic mass is 10.2. The molecule has 1 amide bonds. The van der Waals surface area contributed by atoms with Crippen LogP contribution in [0.15, 0.2) is 30.7 Å². The first-order valence-corrected chi connectivity index (χ1v) is 8.15. The Hall–Kier alpha value is -1.67. The van der Waals surface area contributed by atoms with Crippen molar-refractivity contribution in [3.8, 4) is 5.69 Å². The van der Waals surface area contributed by atoms with Crippen molar-refractivity contribution in [1.82, 2.24) is 14.8 Å². The third-order valence-electron chi connectivity index (χ3n) is 3.15. The third kappa shape index (κ3) is 4.42. The molecule has 1 atom stereocenters. The number of aromatic nitrogens is 3. The SMILES string of the molecule is CC(CSC(F)F)C(=O)N(C)c1cn(-c2cccnc2)nc1Cl. The lowest BCUT2D eigenvalue weighted by molar-refractivity contribution is -0.120. The van der Waals surface area contributed by atoms with Gasteiger partial charge < -0.3 is 4.90 Å². The summed E-state index contributed by atoms with van der Waals surface area (Å²) in [5, 5.41) is 4.29. The number of hydrogen-bond acceptors (Lipinski definition) is 4. The second-order valence-corrected chi connectivity index (χ2v) is 6.23. The van der Waals surface area contributed by atoms with Gasteiger partial charge >= 0.3 is 0 Å². The molecule has 0 saturated heterocycles. The average molecular weight is 361 g/mol. The maximum atomic E-state index is 12.3. The maximum Gasteiger partial charge on any atom is 0.284 e. The number of rotatable bonds is 6. The van der Waals surface area contributed by atoms with Crippen molar-refractivity contribution < 1.29 is 13.6 Å². The van der Waals surface area contributed by atoms with Crippen LogP contribution >= 0.6 is 23.4 Å². The van der Waals surface area contributed by atoms with Gasteiger partial charge in [0.15, 0.2) is 5.15 Å². The summed E-state index contributed by atoms with van der Waals surface area (Å²) in [5.41, 5.74) is 1.11. The van der Waals surface area contributed by atoms with Crippen molar-refractivity contribution in [2.45, 2.75) is 12.7 Å². The summed E-state index contributed by atoms with van der Waals surface area (Å²) in [6.07, 6.45) is 4.84. The molecule has 0 aliphatic carbocycles. The summed E-state index contributed by atoms with van der Waals surface area (Å²) >= 11 is 6.54. The summed E-state index contributed by atoms with van der Waals surface area (Å²) in [6.45, 7) is 1.60. The zero-order chi connectivity index (χ0) is 17.0. The topological polar surface area (TPSA) is 51.0 Å². The van der Waals surface area contributed by atoms with E-state index in [4.69, 9.17) is 11.6 Å². The van der Waals surface area contributed by atoms with Gasteiger partial charge in [-0.2, -0.15) is 13.9 Å². The van der Waals surface area contributed by atoms with Crippen molar-refractivity contribution in [3.63, 3.8) is 0 Å². The standard InChI is InChI=1S/C14H15ClF2N4OS/c1-9(8-23-14(16)17)13(22)20(2)11-7-21(19-12(11)15)10-4-3-5-18-6-10/h3-7,9,14H,8H2,1-2H3. The molecule has 2 aromatic heterocycles. The van der Waals surface area contributed by atoms with Crippen molar-refractivity contribution in [3.05, 3.63) is 35.9 Å². The molecule has 23 heavy (non-hydrogen) atoms. The summed E-state index contributed by atoms with van der Waals surface area (Å²) in [6, 6.07) is 3.55. The predicted molar refractivity (Wildman–Crippen MR) is 87.4 cm³/mol. The highest BCUT2D eigenvalue weighted by Crippen LogP contribution is 2.27. The number of amides is 1. The van der Waals surface area contributed by atoms with Crippen LogP contribution in [0.4, 0.5) is 14.5 Å². The first-order valence-electron chi connectivity index (χ1n) is 6.73. The molecule has 2 rings (SSSR count). The van der Waals surface area contributed by atoms with E-state index in [0.717, 1.165) is 0 Å². The van der Waals surface area contributed by atoms with Gasteiger partial charge in [-0.05, 0) is 12.1 Å². The van der Waals surface area contributed by atoms with Gasteiger partial charge in [0.05, 0.1) is 18.1 Å². The monoisotopic (exact) mass is 360 g/mol. The largest absolute Gasteiger partial charge is 0.311 e. The van der Waals surface area contributed by atoms with E-state index in [1.807, 2.05) is 0 Å². The van der Waals surface area contributed by atoms with Crippen molar-refractivity contribution in [1.29, 1.82) is 0 Å². The van der Waals surface area contributed by atoms with E-state index in [1.165, 1.54) is 9.58 Å². The van der Waals surface area contributed by atoms with Gasteiger partial charge in [-0.3, -0.25) is 9.78 Å². The van der Waals surface area contributed by atoms with Gasteiger partial charge in [0, 0.05) is 24.9 Å². The number of anilines is 1. The molecule has 0 aliphatic heterocycles. The number of thioether (sulfide) groups is 1. The molecule has 9 heteroatoms. The fourth-order valence-electron chi connectivity index (χ4n) is 1.93. The average Bonchev–Trinajstić information content (AvgIpc) is 2.93. The Kier molecular flexibility index (Phi) is 5.95. The molecule has 0 radical (unpaired) electrons. The fourth-order valence-corrected chi connectivity index (χ4v) is 2.76. The number of hydrogen-bond donors (Lipinski definition) is 0. The molecule has 0 N–H and O–H groups in total. The second kappa shape index (κ2) is 7.74. The molecule has 0 aromatic carbocycles. The minimum absolute atomic E-state index is 0.0369. The van der Waals surface area contributed by atoms with E-state index in [0.29, 0.717) is 23.1 Å². The number of pyridine rings is 1. The van der Waals surface area contributed by atoms with Gasteiger partial charge in [0.1, 0.15) is 5.69 Å². The molecule has 2 aromatic rings. The van der Waals surface area contributed by atoms with Gasteiger partial charge in [0.2, 0.25) is 5.91 Å². The second-order valence-electron chi connectivity index (χ2n) is 4.85. The van der Waals surface area contributed by atoms with E-state index < -0.39 is 11.7 Å². The van der Waals surface area contributed by atoms with Crippen molar-refractivity contribution in [2.24, 2.45) is 5.92 Å². The van der Waals surface area contributed by atoms with E-state index >= 15 is 0 Å². The van der Waals surface area contributed by atoms with E-state index in [9.17, 15) is 13.6 Å². The minimum Gasteiger partial charge on any atom is -0.311 e. The highest BCUT2D eigenvalue weighted by molar-refractivity contribution is 7.99. The zero-order valence-corrected chi connectivity index (χ0v) is 14.1. The molecule has 124 valence electrons. The van der Waals surface area contributed by atoms with Crippen LogP contribution in [0.25, 0.3) is 5.69 Å². The smallest absolute Gasteiger partial charge is 0.284 e. The van der Waals surface area contributed by atoms with E-state index in [-0.39, 0.29) is 16.8 Å². The first-order chi connectivity index (χ1) is 10.9. The van der Waals surface area contributed by atoms with Crippen LogP contribution in [0.1, 0.15) is 6.92 Å². The Morgan fingerprint density at radius 1 is 1.52 bits per heavy atom. The van der Waals surface area contributed by atoms with Crippen LogP contribution in [-0.2, 0) is 4.79 Å². The molecule has 0 aliphatic rings. The van der Waals surface area contributed by atoms with Crippen LogP contribution in [0, 0.1) is 5.92 Å². The van der Waals surface area contributed by atoms with Gasteiger partial charge in [0.25, 0.3) is 5.76 Å². The summed E-state index contributed by atoms with van der Waals surface area (Å²) in [5.74, 6) is -3.31. The van der Waals surface area contributed by atoms with E-state index in [1.54, 1.807) is 44.7 Å². The fraction of sp³-hybridized carbons (Fsp3) is 0.357. The Morgan fingerprint density at radius 2 is 2.26 bits per heavy atom. The first kappa shape index (κ1) is 17.7. The molecule has 1 unspecified atom stereocenters. The molecule has 0 fully saturated rings. The minimum atomic E-state index is -2.49. The predicted octanol–water partition coefficient (Wildman–Crippen LogP) is 3.48. The Morgan fingerprint density at radius 3 is 2.87 bits per heavy atom. The molecular weight excluding hydrogens is 346 g/mol.